The fraction of sp³-hybridized carbons (Fsp3) is 0.400. The summed E-state index contributed by atoms with van der Waals surface area (Å²) in [6.07, 6.45) is 0.739. The fourth-order valence-electron chi connectivity index (χ4n) is 2.89. The van der Waals surface area contributed by atoms with Gasteiger partial charge in [-0.1, -0.05) is 0 Å². The van der Waals surface area contributed by atoms with Crippen LogP contribution in [0.4, 0.5) is 0 Å². The molecule has 1 heterocycles. The molecule has 1 aromatic carbocycles. The number of carboxylic acids is 1. The molecule has 0 aliphatic rings. The van der Waals surface area contributed by atoms with E-state index in [2.05, 4.69) is 4.57 Å². The van der Waals surface area contributed by atoms with Crippen molar-refractivity contribution in [2.75, 3.05) is 13.1 Å². The zero-order valence-corrected chi connectivity index (χ0v) is 11.9. The lowest BCUT2D eigenvalue weighted by Crippen LogP contribution is -2.12. The average Bonchev–Trinajstić information content (AvgIpc) is 2.65. The Kier molecular flexibility index (Phi) is 4.11. The topological polar surface area (TPSA) is 94.3 Å². The standard InChI is InChI=1S/C15H21N3O2/c1-9-7-11(15(19)20)8-13-12(3-4-16)10(2)18(6-5-17)14(9)13/h7-8H,3-6,16-17H2,1-2H3,(H,19,20). The van der Waals surface area contributed by atoms with E-state index in [0.29, 0.717) is 18.7 Å². The van der Waals surface area contributed by atoms with Gasteiger partial charge >= 0.3 is 5.97 Å². The summed E-state index contributed by atoms with van der Waals surface area (Å²) in [5.41, 5.74) is 16.0. The number of hydrogen-bond acceptors (Lipinski definition) is 3. The predicted octanol–water partition coefficient (Wildman–Crippen LogP) is 1.42. The number of aromatic carboxylic acids is 1. The molecule has 5 N–H and O–H groups in total. The largest absolute Gasteiger partial charge is 0.478 e. The van der Waals surface area contributed by atoms with E-state index in [4.69, 9.17) is 11.5 Å². The Bertz CT molecular complexity index is 659. The van der Waals surface area contributed by atoms with Crippen molar-refractivity contribution < 1.29 is 9.90 Å². The number of nitrogens with zero attached hydrogens (tertiary/aromatic N) is 1. The van der Waals surface area contributed by atoms with Crippen LogP contribution in [0, 0.1) is 13.8 Å². The maximum Gasteiger partial charge on any atom is 0.335 e. The number of aromatic nitrogens is 1. The second-order valence-electron chi connectivity index (χ2n) is 5.04. The van der Waals surface area contributed by atoms with Gasteiger partial charge in [-0.05, 0) is 50.1 Å². The average molecular weight is 275 g/mol. The van der Waals surface area contributed by atoms with Crippen LogP contribution in [0.1, 0.15) is 27.2 Å². The lowest BCUT2D eigenvalue weighted by molar-refractivity contribution is 0.0697. The van der Waals surface area contributed by atoms with Gasteiger partial charge in [-0.3, -0.25) is 0 Å². The van der Waals surface area contributed by atoms with Gasteiger partial charge in [0.2, 0.25) is 0 Å². The van der Waals surface area contributed by atoms with Crippen molar-refractivity contribution in [3.05, 3.63) is 34.5 Å². The van der Waals surface area contributed by atoms with E-state index in [1.54, 1.807) is 12.1 Å². The first-order valence-electron chi connectivity index (χ1n) is 6.77. The Balaban J connectivity index is 2.81. The van der Waals surface area contributed by atoms with E-state index < -0.39 is 5.97 Å². The number of benzene rings is 1. The van der Waals surface area contributed by atoms with E-state index in [1.807, 2.05) is 13.8 Å². The predicted molar refractivity (Wildman–Crippen MR) is 80.2 cm³/mol. The van der Waals surface area contributed by atoms with Gasteiger partial charge in [0.15, 0.2) is 0 Å². The van der Waals surface area contributed by atoms with Crippen LogP contribution in [0.3, 0.4) is 0 Å². The fourth-order valence-corrected chi connectivity index (χ4v) is 2.89. The molecule has 2 aromatic rings. The maximum atomic E-state index is 11.2. The molecule has 1 aromatic heterocycles. The maximum absolute atomic E-state index is 11.2. The first-order valence-corrected chi connectivity index (χ1v) is 6.77. The molecule has 0 unspecified atom stereocenters. The normalized spacial score (nSPS) is 11.2. The van der Waals surface area contributed by atoms with Crippen molar-refractivity contribution in [3.63, 3.8) is 0 Å². The van der Waals surface area contributed by atoms with Gasteiger partial charge in [-0.2, -0.15) is 0 Å². The first kappa shape index (κ1) is 14.6. The molecule has 0 radical (unpaired) electrons. The molecule has 5 nitrogen and oxygen atoms in total. The number of carboxylic acid groups (broad SMARTS) is 1. The summed E-state index contributed by atoms with van der Waals surface area (Å²) in [5, 5.41) is 10.2. The summed E-state index contributed by atoms with van der Waals surface area (Å²) < 4.78 is 2.17. The summed E-state index contributed by atoms with van der Waals surface area (Å²) in [4.78, 5) is 11.2. The number of hydrogen-bond donors (Lipinski definition) is 3. The quantitative estimate of drug-likeness (QED) is 0.769. The van der Waals surface area contributed by atoms with Crippen LogP contribution in [0.5, 0.6) is 0 Å². The Morgan fingerprint density at radius 3 is 2.50 bits per heavy atom. The van der Waals surface area contributed by atoms with E-state index in [9.17, 15) is 9.90 Å². The molecular formula is C15H21N3O2. The first-order chi connectivity index (χ1) is 9.51. The summed E-state index contributed by atoms with van der Waals surface area (Å²) in [6, 6.07) is 3.46. The Labute approximate surface area is 118 Å². The van der Waals surface area contributed by atoms with Crippen LogP contribution in [0.2, 0.25) is 0 Å². The second kappa shape index (κ2) is 5.64. The molecule has 0 aliphatic carbocycles. The highest BCUT2D eigenvalue weighted by molar-refractivity contribution is 5.97. The number of rotatable bonds is 5. The molecule has 5 heteroatoms. The van der Waals surface area contributed by atoms with Gasteiger partial charge < -0.3 is 21.1 Å². The second-order valence-corrected chi connectivity index (χ2v) is 5.04. The third-order valence-corrected chi connectivity index (χ3v) is 3.73. The Morgan fingerprint density at radius 1 is 1.25 bits per heavy atom. The molecule has 0 spiro atoms. The van der Waals surface area contributed by atoms with E-state index >= 15 is 0 Å². The zero-order valence-electron chi connectivity index (χ0n) is 11.9. The number of aryl methyl sites for hydroxylation is 1. The van der Waals surface area contributed by atoms with Gasteiger partial charge in [0.1, 0.15) is 0 Å². The highest BCUT2D eigenvalue weighted by Crippen LogP contribution is 2.30. The number of carbonyl (C=O) groups is 1. The number of fused-ring (bicyclic) bond motifs is 1. The molecule has 2 rings (SSSR count). The van der Waals surface area contributed by atoms with Gasteiger partial charge in [0.25, 0.3) is 0 Å². The molecule has 0 atom stereocenters. The minimum Gasteiger partial charge on any atom is -0.478 e. The van der Waals surface area contributed by atoms with Crippen molar-refractivity contribution in [1.29, 1.82) is 0 Å². The van der Waals surface area contributed by atoms with Crippen molar-refractivity contribution in [3.8, 4) is 0 Å². The minimum absolute atomic E-state index is 0.318. The van der Waals surface area contributed by atoms with Gasteiger partial charge in [-0.25, -0.2) is 4.79 Å². The van der Waals surface area contributed by atoms with Crippen LogP contribution in [-0.2, 0) is 13.0 Å². The third kappa shape index (κ3) is 2.30. The van der Waals surface area contributed by atoms with Crippen LogP contribution in [0.15, 0.2) is 12.1 Å². The molecule has 0 aliphatic heterocycles. The third-order valence-electron chi connectivity index (χ3n) is 3.73. The monoisotopic (exact) mass is 275 g/mol. The van der Waals surface area contributed by atoms with Crippen LogP contribution in [0.25, 0.3) is 10.9 Å². The molecular weight excluding hydrogens is 254 g/mol. The van der Waals surface area contributed by atoms with Gasteiger partial charge in [-0.15, -0.1) is 0 Å². The van der Waals surface area contributed by atoms with E-state index in [1.165, 1.54) is 0 Å². The highest BCUT2D eigenvalue weighted by atomic mass is 16.4. The Hall–Kier alpha value is -1.85. The lowest BCUT2D eigenvalue weighted by Gasteiger charge is -2.09. The summed E-state index contributed by atoms with van der Waals surface area (Å²) in [5.74, 6) is -0.905. The molecule has 0 bridgehead atoms. The van der Waals surface area contributed by atoms with Gasteiger partial charge in [0.05, 0.1) is 11.1 Å². The van der Waals surface area contributed by atoms with Crippen LogP contribution in [-0.4, -0.2) is 28.7 Å². The van der Waals surface area contributed by atoms with Crippen molar-refractivity contribution in [2.45, 2.75) is 26.8 Å². The summed E-state index contributed by atoms with van der Waals surface area (Å²) in [7, 11) is 0. The molecule has 0 amide bonds. The van der Waals surface area contributed by atoms with E-state index in [-0.39, 0.29) is 0 Å². The van der Waals surface area contributed by atoms with Crippen molar-refractivity contribution in [2.24, 2.45) is 11.5 Å². The van der Waals surface area contributed by atoms with Crippen molar-refractivity contribution in [1.82, 2.24) is 4.57 Å². The van der Waals surface area contributed by atoms with E-state index in [0.717, 1.165) is 40.7 Å². The van der Waals surface area contributed by atoms with Crippen LogP contribution < -0.4 is 11.5 Å². The zero-order chi connectivity index (χ0) is 14.9. The lowest BCUT2D eigenvalue weighted by atomic mass is 10.0. The molecule has 0 saturated carbocycles. The molecule has 0 saturated heterocycles. The SMILES string of the molecule is Cc1cc(C(=O)O)cc2c(CCN)c(C)n(CCN)c12. The molecule has 0 fully saturated rings. The minimum atomic E-state index is -0.905. The molecule has 108 valence electrons. The smallest absolute Gasteiger partial charge is 0.335 e. The summed E-state index contributed by atoms with van der Waals surface area (Å²) >= 11 is 0. The summed E-state index contributed by atoms with van der Waals surface area (Å²) in [6.45, 7) is 5.79. The Morgan fingerprint density at radius 2 is 1.95 bits per heavy atom. The molecule has 20 heavy (non-hydrogen) atoms. The number of nitrogens with two attached hydrogens (primary N) is 2. The van der Waals surface area contributed by atoms with Crippen molar-refractivity contribution >= 4 is 16.9 Å². The highest BCUT2D eigenvalue weighted by Gasteiger charge is 2.17. The van der Waals surface area contributed by atoms with Gasteiger partial charge in [0, 0.05) is 24.2 Å². The van der Waals surface area contributed by atoms with Crippen LogP contribution >= 0.6 is 0 Å².